The molecule has 0 saturated carbocycles. The Balaban J connectivity index is 2.29. The summed E-state index contributed by atoms with van der Waals surface area (Å²) in [7, 11) is 1.64. The smallest absolute Gasteiger partial charge is 0.252 e. The van der Waals surface area contributed by atoms with Crippen LogP contribution in [0.4, 0.5) is 5.00 Å². The van der Waals surface area contributed by atoms with Crippen LogP contribution < -0.4 is 15.8 Å². The number of fused-ring (bicyclic) bond motifs is 3. The van der Waals surface area contributed by atoms with Crippen molar-refractivity contribution in [2.24, 2.45) is 5.73 Å². The topological polar surface area (TPSA) is 81.4 Å². The maximum Gasteiger partial charge on any atom is 0.252 e. The van der Waals surface area contributed by atoms with Crippen molar-refractivity contribution in [1.82, 2.24) is 0 Å². The van der Waals surface area contributed by atoms with Crippen LogP contribution in [0.5, 0.6) is 5.75 Å². The zero-order valence-corrected chi connectivity index (χ0v) is 14.1. The van der Waals surface area contributed by atoms with Crippen molar-refractivity contribution in [3.63, 3.8) is 0 Å². The van der Waals surface area contributed by atoms with Gasteiger partial charge in [0, 0.05) is 17.4 Å². The minimum absolute atomic E-state index is 0.220. The number of nitrogens with two attached hydrogens (primary N) is 1. The number of primary amides is 1. The molecule has 0 unspecified atom stereocenters. The molecule has 0 bridgehead atoms. The van der Waals surface area contributed by atoms with E-state index in [0.29, 0.717) is 10.6 Å². The van der Waals surface area contributed by atoms with E-state index < -0.39 is 5.91 Å². The Labute approximate surface area is 138 Å². The van der Waals surface area contributed by atoms with Crippen molar-refractivity contribution in [2.45, 2.75) is 26.7 Å². The van der Waals surface area contributed by atoms with E-state index in [1.54, 1.807) is 7.11 Å². The van der Waals surface area contributed by atoms with Crippen LogP contribution >= 0.6 is 11.3 Å². The maximum atomic E-state index is 11.9. The van der Waals surface area contributed by atoms with Crippen molar-refractivity contribution < 1.29 is 14.3 Å². The van der Waals surface area contributed by atoms with Gasteiger partial charge in [-0.2, -0.15) is 0 Å². The van der Waals surface area contributed by atoms with E-state index in [2.05, 4.69) is 12.2 Å². The largest absolute Gasteiger partial charge is 0.496 e. The quantitative estimate of drug-likeness (QED) is 0.908. The van der Waals surface area contributed by atoms with E-state index in [1.807, 2.05) is 12.1 Å². The summed E-state index contributed by atoms with van der Waals surface area (Å²) in [6.45, 7) is 3.49. The molecule has 0 saturated heterocycles. The maximum absolute atomic E-state index is 11.9. The Morgan fingerprint density at radius 3 is 2.57 bits per heavy atom. The fourth-order valence-electron chi connectivity index (χ4n) is 3.14. The lowest BCUT2D eigenvalue weighted by Crippen LogP contribution is -2.17. The summed E-state index contributed by atoms with van der Waals surface area (Å²) in [4.78, 5) is 24.3. The number of nitrogens with one attached hydrogen (secondary N) is 1. The highest BCUT2D eigenvalue weighted by Gasteiger charge is 2.30. The Morgan fingerprint density at radius 1 is 1.26 bits per heavy atom. The van der Waals surface area contributed by atoms with Gasteiger partial charge in [0.25, 0.3) is 5.91 Å². The molecule has 3 rings (SSSR count). The first-order chi connectivity index (χ1) is 10.9. The summed E-state index contributed by atoms with van der Waals surface area (Å²) < 4.78 is 5.52. The lowest BCUT2D eigenvalue weighted by molar-refractivity contribution is -0.114. The first-order valence-electron chi connectivity index (χ1n) is 7.34. The number of rotatable bonds is 3. The van der Waals surface area contributed by atoms with Gasteiger partial charge < -0.3 is 15.8 Å². The van der Waals surface area contributed by atoms with Gasteiger partial charge in [0.05, 0.1) is 12.7 Å². The number of hydrogen-bond donors (Lipinski definition) is 2. The molecule has 0 aliphatic heterocycles. The molecule has 0 spiro atoms. The molecule has 1 heterocycles. The third-order valence-electron chi connectivity index (χ3n) is 4.12. The highest BCUT2D eigenvalue weighted by atomic mass is 32.1. The van der Waals surface area contributed by atoms with Crippen LogP contribution in [-0.4, -0.2) is 18.9 Å². The standard InChI is InChI=1S/C17H18N2O3S/c1-8-4-7-12(22-3)13-10(8)5-6-11-14(16(18)21)17(19-9(2)20)23-15(11)13/h4,7H,5-6H2,1-3H3,(H2,18,21)(H,19,20). The van der Waals surface area contributed by atoms with Crippen LogP contribution in [0.15, 0.2) is 12.1 Å². The molecule has 0 radical (unpaired) electrons. The number of hydrogen-bond acceptors (Lipinski definition) is 4. The van der Waals surface area contributed by atoms with E-state index in [9.17, 15) is 9.59 Å². The lowest BCUT2D eigenvalue weighted by atomic mass is 9.86. The Kier molecular flexibility index (Phi) is 3.85. The number of carbonyl (C=O) groups excluding carboxylic acids is 2. The number of benzene rings is 1. The van der Waals surface area contributed by atoms with Gasteiger partial charge in [-0.3, -0.25) is 9.59 Å². The van der Waals surface area contributed by atoms with Gasteiger partial charge >= 0.3 is 0 Å². The van der Waals surface area contributed by atoms with Crippen LogP contribution in [0, 0.1) is 6.92 Å². The lowest BCUT2D eigenvalue weighted by Gasteiger charge is -2.21. The summed E-state index contributed by atoms with van der Waals surface area (Å²) >= 11 is 1.39. The van der Waals surface area contributed by atoms with Crippen molar-refractivity contribution in [2.75, 3.05) is 12.4 Å². The molecule has 1 aromatic carbocycles. The first-order valence-corrected chi connectivity index (χ1v) is 8.15. The number of ether oxygens (including phenoxy) is 1. The zero-order chi connectivity index (χ0) is 16.7. The number of aryl methyl sites for hydroxylation is 1. The Bertz CT molecular complexity index is 824. The van der Waals surface area contributed by atoms with Crippen molar-refractivity contribution >= 4 is 28.2 Å². The van der Waals surface area contributed by atoms with Gasteiger partial charge in [0.1, 0.15) is 10.8 Å². The Hall–Kier alpha value is -2.34. The summed E-state index contributed by atoms with van der Waals surface area (Å²) in [6.07, 6.45) is 1.55. The van der Waals surface area contributed by atoms with Crippen molar-refractivity contribution in [1.29, 1.82) is 0 Å². The average Bonchev–Trinajstić information content (AvgIpc) is 2.85. The van der Waals surface area contributed by atoms with Gasteiger partial charge in [-0.05, 0) is 42.5 Å². The summed E-state index contributed by atoms with van der Waals surface area (Å²) in [5.74, 6) is 0.0436. The van der Waals surface area contributed by atoms with E-state index in [0.717, 1.165) is 34.6 Å². The molecule has 120 valence electrons. The van der Waals surface area contributed by atoms with Gasteiger partial charge in [-0.15, -0.1) is 11.3 Å². The van der Waals surface area contributed by atoms with Crippen molar-refractivity contribution in [3.05, 3.63) is 34.4 Å². The molecule has 1 aromatic heterocycles. The molecular weight excluding hydrogens is 312 g/mol. The predicted octanol–water partition coefficient (Wildman–Crippen LogP) is 2.89. The molecule has 23 heavy (non-hydrogen) atoms. The highest BCUT2D eigenvalue weighted by molar-refractivity contribution is 7.20. The molecule has 0 atom stereocenters. The second-order valence-corrected chi connectivity index (χ2v) is 6.62. The van der Waals surface area contributed by atoms with Gasteiger partial charge in [0.2, 0.25) is 5.91 Å². The van der Waals surface area contributed by atoms with Crippen LogP contribution in [0.3, 0.4) is 0 Å². The molecular formula is C17H18N2O3S. The van der Waals surface area contributed by atoms with Gasteiger partial charge in [0.15, 0.2) is 0 Å². The van der Waals surface area contributed by atoms with Gasteiger partial charge in [-0.1, -0.05) is 6.07 Å². The van der Waals surface area contributed by atoms with Crippen LogP contribution in [-0.2, 0) is 17.6 Å². The predicted molar refractivity (Wildman–Crippen MR) is 91.3 cm³/mol. The summed E-state index contributed by atoms with van der Waals surface area (Å²) in [5, 5.41) is 3.25. The summed E-state index contributed by atoms with van der Waals surface area (Å²) in [6, 6.07) is 3.98. The van der Waals surface area contributed by atoms with E-state index in [4.69, 9.17) is 10.5 Å². The first kappa shape index (κ1) is 15.6. The third kappa shape index (κ3) is 2.49. The number of amides is 2. The van der Waals surface area contributed by atoms with E-state index in [-0.39, 0.29) is 5.91 Å². The summed E-state index contributed by atoms with van der Waals surface area (Å²) in [5.41, 5.74) is 10.3. The molecule has 2 amide bonds. The monoisotopic (exact) mass is 330 g/mol. The minimum atomic E-state index is -0.513. The third-order valence-corrected chi connectivity index (χ3v) is 5.29. The second-order valence-electron chi connectivity index (χ2n) is 5.60. The second kappa shape index (κ2) is 5.70. The van der Waals surface area contributed by atoms with Crippen molar-refractivity contribution in [3.8, 4) is 16.2 Å². The molecule has 6 heteroatoms. The van der Waals surface area contributed by atoms with Crippen LogP contribution in [0.25, 0.3) is 10.4 Å². The number of anilines is 1. The minimum Gasteiger partial charge on any atom is -0.496 e. The number of carbonyl (C=O) groups is 2. The Morgan fingerprint density at radius 2 is 1.96 bits per heavy atom. The van der Waals surface area contributed by atoms with Gasteiger partial charge in [-0.25, -0.2) is 0 Å². The number of thiophene rings is 1. The molecule has 3 N–H and O–H groups in total. The zero-order valence-electron chi connectivity index (χ0n) is 13.3. The van der Waals surface area contributed by atoms with Crippen LogP contribution in [0.1, 0.15) is 34.0 Å². The molecule has 1 aliphatic carbocycles. The normalized spacial score (nSPS) is 12.3. The fourth-order valence-corrected chi connectivity index (χ4v) is 4.51. The molecule has 2 aromatic rings. The SMILES string of the molecule is COc1ccc(C)c2c1-c1sc(NC(C)=O)c(C(N)=O)c1CC2. The average molecular weight is 330 g/mol. The molecule has 5 nitrogen and oxygen atoms in total. The van der Waals surface area contributed by atoms with E-state index in [1.165, 1.54) is 29.4 Å². The fraction of sp³-hybridized carbons (Fsp3) is 0.294. The molecule has 0 fully saturated rings. The van der Waals surface area contributed by atoms with E-state index >= 15 is 0 Å². The molecule has 1 aliphatic rings. The number of methoxy groups -OCH3 is 1. The van der Waals surface area contributed by atoms with Crippen LogP contribution in [0.2, 0.25) is 0 Å². The highest BCUT2D eigenvalue weighted by Crippen LogP contribution is 2.49.